The van der Waals surface area contributed by atoms with Gasteiger partial charge in [-0.1, -0.05) is 12.1 Å². The number of nitrogens with one attached hydrogen (secondary N) is 2. The van der Waals surface area contributed by atoms with Gasteiger partial charge in [-0.15, -0.1) is 6.58 Å². The molecule has 0 saturated heterocycles. The lowest BCUT2D eigenvalue weighted by Gasteiger charge is -2.11. The van der Waals surface area contributed by atoms with Crippen LogP contribution in [0.5, 0.6) is 0 Å². The number of nitrogens with zero attached hydrogens (tertiary/aromatic N) is 4. The summed E-state index contributed by atoms with van der Waals surface area (Å²) in [6.07, 6.45) is 5.00. The maximum Gasteiger partial charge on any atom is 0.227 e. The van der Waals surface area contributed by atoms with Crippen molar-refractivity contribution in [2.75, 3.05) is 17.2 Å². The van der Waals surface area contributed by atoms with Crippen molar-refractivity contribution in [2.24, 2.45) is 0 Å². The first-order valence-electron chi connectivity index (χ1n) is 7.35. The van der Waals surface area contributed by atoms with Crippen LogP contribution in [0.2, 0.25) is 0 Å². The second kappa shape index (κ2) is 6.39. The number of rotatable bonds is 5. The van der Waals surface area contributed by atoms with E-state index in [1.807, 2.05) is 6.07 Å². The minimum atomic E-state index is 0.490. The van der Waals surface area contributed by atoms with Crippen LogP contribution in [0.15, 0.2) is 43.2 Å². The fourth-order valence-corrected chi connectivity index (χ4v) is 2.15. The smallest absolute Gasteiger partial charge is 0.227 e. The lowest BCUT2D eigenvalue weighted by molar-refractivity contribution is 1.11. The van der Waals surface area contributed by atoms with Crippen LogP contribution in [0.1, 0.15) is 11.1 Å². The van der Waals surface area contributed by atoms with Crippen LogP contribution in [0.4, 0.5) is 17.5 Å². The van der Waals surface area contributed by atoms with E-state index in [9.17, 15) is 0 Å². The standard InChI is InChI=1S/C17H18N6/c1-4-7-20-17-22-15-14(18-8-9-19-15)16(23-17)21-13-6-5-11(2)12(3)10-13/h4-6,8-10H,1,7H2,2-3H3,(H2,19,20,21,22,23). The average molecular weight is 306 g/mol. The largest absolute Gasteiger partial charge is 0.351 e. The molecule has 3 aromatic rings. The lowest BCUT2D eigenvalue weighted by Crippen LogP contribution is -2.07. The number of anilines is 3. The van der Waals surface area contributed by atoms with E-state index in [1.54, 1.807) is 18.5 Å². The van der Waals surface area contributed by atoms with Crippen LogP contribution < -0.4 is 10.6 Å². The van der Waals surface area contributed by atoms with Crippen molar-refractivity contribution in [3.05, 3.63) is 54.4 Å². The highest BCUT2D eigenvalue weighted by atomic mass is 15.2. The molecule has 0 aliphatic rings. The van der Waals surface area contributed by atoms with Crippen molar-refractivity contribution in [3.63, 3.8) is 0 Å². The number of benzene rings is 1. The van der Waals surface area contributed by atoms with E-state index in [0.717, 1.165) is 5.69 Å². The van der Waals surface area contributed by atoms with Gasteiger partial charge in [0.25, 0.3) is 0 Å². The number of hydrogen-bond donors (Lipinski definition) is 2. The molecular formula is C17H18N6. The highest BCUT2D eigenvalue weighted by Crippen LogP contribution is 2.23. The molecular weight excluding hydrogens is 288 g/mol. The summed E-state index contributed by atoms with van der Waals surface area (Å²) in [6.45, 7) is 8.43. The number of aromatic nitrogens is 4. The SMILES string of the molecule is C=CCNc1nc(Nc2ccc(C)c(C)c2)c2nccnc2n1. The molecule has 0 saturated carbocycles. The molecule has 2 N–H and O–H groups in total. The van der Waals surface area contributed by atoms with Crippen molar-refractivity contribution in [2.45, 2.75) is 13.8 Å². The fraction of sp³-hybridized carbons (Fsp3) is 0.176. The number of aryl methyl sites for hydroxylation is 2. The molecule has 6 heteroatoms. The molecule has 0 fully saturated rings. The Hall–Kier alpha value is -3.02. The monoisotopic (exact) mass is 306 g/mol. The van der Waals surface area contributed by atoms with E-state index in [-0.39, 0.29) is 0 Å². The molecule has 2 heterocycles. The van der Waals surface area contributed by atoms with Crippen molar-refractivity contribution < 1.29 is 0 Å². The van der Waals surface area contributed by atoms with E-state index in [2.05, 4.69) is 63.1 Å². The molecule has 0 amide bonds. The predicted molar refractivity (Wildman–Crippen MR) is 93.0 cm³/mol. The van der Waals surface area contributed by atoms with Gasteiger partial charge in [0.15, 0.2) is 17.0 Å². The normalized spacial score (nSPS) is 10.5. The first-order chi connectivity index (χ1) is 11.2. The minimum Gasteiger partial charge on any atom is -0.351 e. The summed E-state index contributed by atoms with van der Waals surface area (Å²) >= 11 is 0. The molecule has 0 unspecified atom stereocenters. The molecule has 0 aliphatic carbocycles. The Morgan fingerprint density at radius 3 is 2.70 bits per heavy atom. The van der Waals surface area contributed by atoms with E-state index >= 15 is 0 Å². The third kappa shape index (κ3) is 3.26. The summed E-state index contributed by atoms with van der Waals surface area (Å²) in [4.78, 5) is 17.5. The molecule has 116 valence electrons. The summed E-state index contributed by atoms with van der Waals surface area (Å²) in [7, 11) is 0. The number of hydrogen-bond acceptors (Lipinski definition) is 6. The molecule has 0 bridgehead atoms. The van der Waals surface area contributed by atoms with Gasteiger partial charge in [0.05, 0.1) is 0 Å². The molecule has 3 rings (SSSR count). The molecule has 0 spiro atoms. The Labute approximate surface area is 134 Å². The molecule has 6 nitrogen and oxygen atoms in total. The molecule has 23 heavy (non-hydrogen) atoms. The maximum absolute atomic E-state index is 4.50. The van der Waals surface area contributed by atoms with Gasteiger partial charge in [-0.2, -0.15) is 9.97 Å². The quantitative estimate of drug-likeness (QED) is 0.704. The third-order valence-electron chi connectivity index (χ3n) is 3.51. The maximum atomic E-state index is 4.50. The predicted octanol–water partition coefficient (Wildman–Crippen LogP) is 3.38. The van der Waals surface area contributed by atoms with Crippen LogP contribution in [0.3, 0.4) is 0 Å². The highest BCUT2D eigenvalue weighted by molar-refractivity contribution is 5.85. The topological polar surface area (TPSA) is 75.6 Å². The minimum absolute atomic E-state index is 0.490. The van der Waals surface area contributed by atoms with Crippen molar-refractivity contribution in [3.8, 4) is 0 Å². The fourth-order valence-electron chi connectivity index (χ4n) is 2.15. The van der Waals surface area contributed by atoms with Gasteiger partial charge in [-0.25, -0.2) is 9.97 Å². The van der Waals surface area contributed by atoms with Gasteiger partial charge in [0.1, 0.15) is 0 Å². The van der Waals surface area contributed by atoms with Crippen LogP contribution >= 0.6 is 0 Å². The zero-order valence-electron chi connectivity index (χ0n) is 13.2. The highest BCUT2D eigenvalue weighted by Gasteiger charge is 2.10. The summed E-state index contributed by atoms with van der Waals surface area (Å²) in [5, 5.41) is 6.40. The Morgan fingerprint density at radius 2 is 1.91 bits per heavy atom. The van der Waals surface area contributed by atoms with Gasteiger partial charge >= 0.3 is 0 Å². The van der Waals surface area contributed by atoms with Crippen molar-refractivity contribution >= 4 is 28.6 Å². The second-order valence-electron chi connectivity index (χ2n) is 5.22. The van der Waals surface area contributed by atoms with E-state index in [0.29, 0.717) is 29.5 Å². The molecule has 0 atom stereocenters. The first kappa shape index (κ1) is 14.9. The van der Waals surface area contributed by atoms with Gasteiger partial charge in [0, 0.05) is 24.6 Å². The Morgan fingerprint density at radius 1 is 1.09 bits per heavy atom. The lowest BCUT2D eigenvalue weighted by atomic mass is 10.1. The Kier molecular flexibility index (Phi) is 4.14. The Bertz CT molecular complexity index is 859. The average Bonchev–Trinajstić information content (AvgIpc) is 2.56. The summed E-state index contributed by atoms with van der Waals surface area (Å²) in [6, 6.07) is 6.17. The van der Waals surface area contributed by atoms with E-state index in [1.165, 1.54) is 11.1 Å². The first-order valence-corrected chi connectivity index (χ1v) is 7.35. The third-order valence-corrected chi connectivity index (χ3v) is 3.51. The zero-order chi connectivity index (χ0) is 16.2. The van der Waals surface area contributed by atoms with Crippen molar-refractivity contribution in [1.82, 2.24) is 19.9 Å². The number of fused-ring (bicyclic) bond motifs is 1. The summed E-state index contributed by atoms with van der Waals surface area (Å²) in [5.74, 6) is 1.11. The van der Waals surface area contributed by atoms with Crippen LogP contribution in [0.25, 0.3) is 11.2 Å². The van der Waals surface area contributed by atoms with Crippen LogP contribution in [0, 0.1) is 13.8 Å². The molecule has 0 aliphatic heterocycles. The molecule has 1 aromatic carbocycles. The Balaban J connectivity index is 2.03. The van der Waals surface area contributed by atoms with Crippen LogP contribution in [-0.4, -0.2) is 26.5 Å². The van der Waals surface area contributed by atoms with Gasteiger partial charge in [-0.3, -0.25) is 0 Å². The molecule has 2 aromatic heterocycles. The molecule has 0 radical (unpaired) electrons. The van der Waals surface area contributed by atoms with Crippen molar-refractivity contribution in [1.29, 1.82) is 0 Å². The van der Waals surface area contributed by atoms with Gasteiger partial charge in [0.2, 0.25) is 5.95 Å². The van der Waals surface area contributed by atoms with E-state index < -0.39 is 0 Å². The van der Waals surface area contributed by atoms with E-state index in [4.69, 9.17) is 0 Å². The van der Waals surface area contributed by atoms with Gasteiger partial charge in [-0.05, 0) is 37.1 Å². The zero-order valence-corrected chi connectivity index (χ0v) is 13.2. The summed E-state index contributed by atoms with van der Waals surface area (Å²) in [5.41, 5.74) is 4.59. The second-order valence-corrected chi connectivity index (χ2v) is 5.22. The van der Waals surface area contributed by atoms with Crippen LogP contribution in [-0.2, 0) is 0 Å². The summed E-state index contributed by atoms with van der Waals surface area (Å²) < 4.78 is 0. The van der Waals surface area contributed by atoms with Gasteiger partial charge < -0.3 is 10.6 Å².